The number of hydrogen-bond donors (Lipinski definition) is 1. The molecule has 0 radical (unpaired) electrons. The first-order valence-corrected chi connectivity index (χ1v) is 6.07. The van der Waals surface area contributed by atoms with E-state index in [0.717, 1.165) is 6.07 Å². The number of halogens is 2. The number of benzene rings is 2. The lowest BCUT2D eigenvalue weighted by molar-refractivity contribution is 0.0995. The second kappa shape index (κ2) is 6.21. The SMILES string of the molecule is COc1cccc(C(N)=O)c1OCc1cccc(F)c1F. The number of ether oxygens (including phenoxy) is 2. The van der Waals surface area contributed by atoms with Crippen LogP contribution in [0.3, 0.4) is 0 Å². The second-order valence-corrected chi connectivity index (χ2v) is 4.20. The normalized spacial score (nSPS) is 10.2. The van der Waals surface area contributed by atoms with Crippen LogP contribution in [0.15, 0.2) is 36.4 Å². The summed E-state index contributed by atoms with van der Waals surface area (Å²) in [6.07, 6.45) is 0. The number of primary amides is 1. The molecule has 0 aliphatic rings. The number of hydrogen-bond acceptors (Lipinski definition) is 3. The Hall–Kier alpha value is -2.63. The molecule has 0 heterocycles. The lowest BCUT2D eigenvalue weighted by atomic mass is 10.1. The van der Waals surface area contributed by atoms with Gasteiger partial charge in [0.15, 0.2) is 23.1 Å². The van der Waals surface area contributed by atoms with Crippen molar-refractivity contribution in [3.05, 3.63) is 59.2 Å². The zero-order valence-corrected chi connectivity index (χ0v) is 11.2. The Morgan fingerprint density at radius 3 is 2.57 bits per heavy atom. The molecule has 4 nitrogen and oxygen atoms in total. The van der Waals surface area contributed by atoms with Crippen LogP contribution in [-0.4, -0.2) is 13.0 Å². The van der Waals surface area contributed by atoms with Crippen LogP contribution >= 0.6 is 0 Å². The van der Waals surface area contributed by atoms with Gasteiger partial charge in [0.25, 0.3) is 5.91 Å². The minimum absolute atomic E-state index is 0.0244. The molecule has 2 rings (SSSR count). The quantitative estimate of drug-likeness (QED) is 0.922. The molecule has 0 saturated carbocycles. The summed E-state index contributed by atoms with van der Waals surface area (Å²) >= 11 is 0. The zero-order chi connectivity index (χ0) is 15.4. The summed E-state index contributed by atoms with van der Waals surface area (Å²) in [7, 11) is 1.40. The molecule has 6 heteroatoms. The lowest BCUT2D eigenvalue weighted by Crippen LogP contribution is -2.14. The van der Waals surface area contributed by atoms with E-state index in [4.69, 9.17) is 15.2 Å². The van der Waals surface area contributed by atoms with E-state index in [0.29, 0.717) is 0 Å². The van der Waals surface area contributed by atoms with Gasteiger partial charge >= 0.3 is 0 Å². The number of para-hydroxylation sites is 1. The minimum Gasteiger partial charge on any atom is -0.493 e. The molecule has 1 amide bonds. The number of rotatable bonds is 5. The van der Waals surface area contributed by atoms with Crippen LogP contribution in [0.25, 0.3) is 0 Å². The molecule has 0 fully saturated rings. The average molecular weight is 293 g/mol. The van der Waals surface area contributed by atoms with Gasteiger partial charge in [-0.3, -0.25) is 4.79 Å². The fourth-order valence-corrected chi connectivity index (χ4v) is 1.83. The van der Waals surface area contributed by atoms with E-state index in [2.05, 4.69) is 0 Å². The maximum Gasteiger partial charge on any atom is 0.252 e. The van der Waals surface area contributed by atoms with E-state index in [9.17, 15) is 13.6 Å². The molecule has 0 atom stereocenters. The van der Waals surface area contributed by atoms with Crippen LogP contribution in [-0.2, 0) is 6.61 Å². The first-order valence-electron chi connectivity index (χ1n) is 6.07. The number of carbonyl (C=O) groups is 1. The van der Waals surface area contributed by atoms with Gasteiger partial charge in [0.1, 0.15) is 6.61 Å². The van der Waals surface area contributed by atoms with Crippen molar-refractivity contribution in [3.63, 3.8) is 0 Å². The second-order valence-electron chi connectivity index (χ2n) is 4.20. The van der Waals surface area contributed by atoms with Crippen molar-refractivity contribution in [2.75, 3.05) is 7.11 Å². The molecule has 2 aromatic carbocycles. The number of amides is 1. The molecule has 0 aromatic heterocycles. The van der Waals surface area contributed by atoms with E-state index in [1.807, 2.05) is 0 Å². The van der Waals surface area contributed by atoms with Crippen LogP contribution in [0, 0.1) is 11.6 Å². The maximum absolute atomic E-state index is 13.6. The van der Waals surface area contributed by atoms with E-state index >= 15 is 0 Å². The Morgan fingerprint density at radius 1 is 1.19 bits per heavy atom. The van der Waals surface area contributed by atoms with Gasteiger partial charge in [-0.1, -0.05) is 18.2 Å². The molecule has 2 aromatic rings. The molecule has 0 aliphatic heterocycles. The van der Waals surface area contributed by atoms with E-state index in [1.165, 1.54) is 25.3 Å². The molecule has 0 saturated heterocycles. The van der Waals surface area contributed by atoms with Crippen molar-refractivity contribution < 1.29 is 23.0 Å². The van der Waals surface area contributed by atoms with Gasteiger partial charge in [-0.2, -0.15) is 0 Å². The summed E-state index contributed by atoms with van der Waals surface area (Å²) in [5.74, 6) is -2.29. The molecule has 110 valence electrons. The van der Waals surface area contributed by atoms with Crippen molar-refractivity contribution in [3.8, 4) is 11.5 Å². The number of nitrogens with two attached hydrogens (primary N) is 1. The van der Waals surface area contributed by atoms with Crippen LogP contribution in [0.1, 0.15) is 15.9 Å². The molecule has 0 aliphatic carbocycles. The third-order valence-corrected chi connectivity index (χ3v) is 2.87. The van der Waals surface area contributed by atoms with Gasteiger partial charge in [0.05, 0.1) is 12.7 Å². The summed E-state index contributed by atoms with van der Waals surface area (Å²) in [6.45, 7) is -0.260. The van der Waals surface area contributed by atoms with Gasteiger partial charge in [-0.15, -0.1) is 0 Å². The number of carbonyl (C=O) groups excluding carboxylic acids is 1. The molecule has 0 bridgehead atoms. The van der Waals surface area contributed by atoms with E-state index < -0.39 is 17.5 Å². The van der Waals surface area contributed by atoms with E-state index in [1.54, 1.807) is 12.1 Å². The third kappa shape index (κ3) is 3.10. The molecular weight excluding hydrogens is 280 g/mol. The van der Waals surface area contributed by atoms with Crippen LogP contribution in [0.5, 0.6) is 11.5 Å². The summed E-state index contributed by atoms with van der Waals surface area (Å²) in [4.78, 5) is 11.4. The first kappa shape index (κ1) is 14.8. The van der Waals surface area contributed by atoms with Gasteiger partial charge in [-0.05, 0) is 18.2 Å². The van der Waals surface area contributed by atoms with Crippen molar-refractivity contribution in [2.45, 2.75) is 6.61 Å². The molecular formula is C15H13F2NO3. The standard InChI is InChI=1S/C15H13F2NO3/c1-20-12-7-3-5-10(15(18)19)14(12)21-8-9-4-2-6-11(16)13(9)17/h2-7H,8H2,1H3,(H2,18,19). The van der Waals surface area contributed by atoms with E-state index in [-0.39, 0.29) is 29.2 Å². The zero-order valence-electron chi connectivity index (χ0n) is 11.2. The topological polar surface area (TPSA) is 61.5 Å². The van der Waals surface area contributed by atoms with Crippen molar-refractivity contribution in [1.29, 1.82) is 0 Å². The van der Waals surface area contributed by atoms with Gasteiger partial charge in [-0.25, -0.2) is 8.78 Å². The first-order chi connectivity index (χ1) is 10.0. The van der Waals surface area contributed by atoms with Crippen molar-refractivity contribution in [1.82, 2.24) is 0 Å². The monoisotopic (exact) mass is 293 g/mol. The summed E-state index contributed by atoms with van der Waals surface area (Å²) in [6, 6.07) is 8.38. The Kier molecular flexibility index (Phi) is 4.37. The van der Waals surface area contributed by atoms with Crippen LogP contribution < -0.4 is 15.2 Å². The number of methoxy groups -OCH3 is 1. The predicted molar refractivity (Wildman–Crippen MR) is 72.2 cm³/mol. The highest BCUT2D eigenvalue weighted by Gasteiger charge is 2.16. The Bertz CT molecular complexity index is 674. The molecule has 2 N–H and O–H groups in total. The summed E-state index contributed by atoms with van der Waals surface area (Å²) in [5.41, 5.74) is 5.38. The Morgan fingerprint density at radius 2 is 1.90 bits per heavy atom. The maximum atomic E-state index is 13.6. The molecule has 21 heavy (non-hydrogen) atoms. The van der Waals surface area contributed by atoms with Crippen molar-refractivity contribution in [2.24, 2.45) is 5.73 Å². The fraction of sp³-hybridized carbons (Fsp3) is 0.133. The minimum atomic E-state index is -0.993. The fourth-order valence-electron chi connectivity index (χ4n) is 1.83. The largest absolute Gasteiger partial charge is 0.493 e. The highest BCUT2D eigenvalue weighted by atomic mass is 19.2. The Labute approximate surface area is 120 Å². The van der Waals surface area contributed by atoms with Crippen LogP contribution in [0.2, 0.25) is 0 Å². The van der Waals surface area contributed by atoms with Gasteiger partial charge in [0, 0.05) is 5.56 Å². The smallest absolute Gasteiger partial charge is 0.252 e. The highest BCUT2D eigenvalue weighted by molar-refractivity contribution is 5.96. The predicted octanol–water partition coefficient (Wildman–Crippen LogP) is 2.65. The lowest BCUT2D eigenvalue weighted by Gasteiger charge is -2.13. The summed E-state index contributed by atoms with van der Waals surface area (Å²) < 4.78 is 37.2. The Balaban J connectivity index is 2.31. The van der Waals surface area contributed by atoms with Crippen LogP contribution in [0.4, 0.5) is 8.78 Å². The van der Waals surface area contributed by atoms with Gasteiger partial charge in [0.2, 0.25) is 0 Å². The molecule has 0 spiro atoms. The average Bonchev–Trinajstić information content (AvgIpc) is 2.48. The van der Waals surface area contributed by atoms with Crippen molar-refractivity contribution >= 4 is 5.91 Å². The third-order valence-electron chi connectivity index (χ3n) is 2.87. The summed E-state index contributed by atoms with van der Waals surface area (Å²) in [5, 5.41) is 0. The van der Waals surface area contributed by atoms with Gasteiger partial charge < -0.3 is 15.2 Å². The molecule has 0 unspecified atom stereocenters. The highest BCUT2D eigenvalue weighted by Crippen LogP contribution is 2.31.